The molecule has 0 atom stereocenters. The zero-order chi connectivity index (χ0) is 32.3. The molecule has 0 aliphatic rings. The highest BCUT2D eigenvalue weighted by molar-refractivity contribution is 6.35. The number of rotatable bonds is 5. The predicted octanol–water partition coefficient (Wildman–Crippen LogP) is 11.9. The number of benzene rings is 8. The van der Waals surface area contributed by atoms with Crippen molar-refractivity contribution in [1.82, 2.24) is 15.0 Å². The Morgan fingerprint density at radius 1 is 0.306 bits per heavy atom. The molecule has 0 radical (unpaired) electrons. The highest BCUT2D eigenvalue weighted by atomic mass is 16.3. The Labute approximate surface area is 282 Å². The third-order valence-electron chi connectivity index (χ3n) is 9.48. The van der Waals surface area contributed by atoms with E-state index in [1.807, 2.05) is 60.7 Å². The van der Waals surface area contributed by atoms with Crippen LogP contribution in [0.3, 0.4) is 0 Å². The monoisotopic (exact) mass is 625 g/mol. The minimum atomic E-state index is 0.639. The second-order valence-electron chi connectivity index (χ2n) is 12.4. The fourth-order valence-corrected chi connectivity index (χ4v) is 7.23. The minimum Gasteiger partial charge on any atom is -0.456 e. The Bertz CT molecular complexity index is 2760. The molecule has 228 valence electrons. The van der Waals surface area contributed by atoms with Gasteiger partial charge in [-0.2, -0.15) is 0 Å². The summed E-state index contributed by atoms with van der Waals surface area (Å²) in [5.41, 5.74) is 9.23. The molecule has 0 saturated heterocycles. The van der Waals surface area contributed by atoms with Crippen LogP contribution in [0.2, 0.25) is 0 Å². The van der Waals surface area contributed by atoms with Crippen LogP contribution in [0.1, 0.15) is 0 Å². The Balaban J connectivity index is 1.12. The second-order valence-corrected chi connectivity index (χ2v) is 12.4. The molecule has 0 aliphatic carbocycles. The third kappa shape index (κ3) is 4.49. The molecule has 0 saturated carbocycles. The largest absolute Gasteiger partial charge is 0.456 e. The summed E-state index contributed by atoms with van der Waals surface area (Å²) in [6.07, 6.45) is 0. The first kappa shape index (κ1) is 27.5. The van der Waals surface area contributed by atoms with E-state index < -0.39 is 0 Å². The Hall–Kier alpha value is -6.65. The minimum absolute atomic E-state index is 0.639. The molecular weight excluding hydrogens is 599 g/mol. The average molecular weight is 626 g/mol. The number of nitrogens with zero attached hydrogens (tertiary/aromatic N) is 3. The summed E-state index contributed by atoms with van der Waals surface area (Å²) < 4.78 is 6.38. The first-order valence-corrected chi connectivity index (χ1v) is 16.4. The lowest BCUT2D eigenvalue weighted by Gasteiger charge is -2.14. The van der Waals surface area contributed by atoms with E-state index in [4.69, 9.17) is 19.4 Å². The standard InChI is InChI=1S/C45H27N3O/c1-3-12-28(13-4-1)43-46-44(29-14-5-2-6-15-29)48-45(47-43)33-19-10-17-31(27-33)30-16-9-18-32(26-30)34-24-25-39-42-40(34)36-21-8-7-20-35(36)37-22-11-23-38(49-39)41(37)42/h1-27H. The van der Waals surface area contributed by atoms with Gasteiger partial charge in [-0.05, 0) is 62.7 Å². The van der Waals surface area contributed by atoms with Crippen LogP contribution in [0.25, 0.3) is 99.9 Å². The molecular formula is C45H27N3O. The van der Waals surface area contributed by atoms with Gasteiger partial charge in [0, 0.05) is 32.8 Å². The Morgan fingerprint density at radius 2 is 0.776 bits per heavy atom. The first-order valence-electron chi connectivity index (χ1n) is 16.4. The molecule has 0 N–H and O–H groups in total. The average Bonchev–Trinajstić information content (AvgIpc) is 3.57. The third-order valence-corrected chi connectivity index (χ3v) is 9.48. The van der Waals surface area contributed by atoms with Crippen LogP contribution in [-0.2, 0) is 0 Å². The van der Waals surface area contributed by atoms with E-state index in [1.54, 1.807) is 0 Å². The fraction of sp³-hybridized carbons (Fsp3) is 0. The Kier molecular flexibility index (Phi) is 6.15. The maximum Gasteiger partial charge on any atom is 0.164 e. The molecule has 2 heterocycles. The van der Waals surface area contributed by atoms with Gasteiger partial charge in [0.1, 0.15) is 11.2 Å². The van der Waals surface area contributed by atoms with Crippen molar-refractivity contribution < 1.29 is 4.42 Å². The van der Waals surface area contributed by atoms with Crippen molar-refractivity contribution >= 4 is 43.5 Å². The lowest BCUT2D eigenvalue weighted by molar-refractivity contribution is 0.669. The van der Waals surface area contributed by atoms with Crippen LogP contribution in [0.15, 0.2) is 168 Å². The smallest absolute Gasteiger partial charge is 0.164 e. The van der Waals surface area contributed by atoms with Crippen molar-refractivity contribution in [2.45, 2.75) is 0 Å². The van der Waals surface area contributed by atoms with Gasteiger partial charge in [0.05, 0.1) is 0 Å². The van der Waals surface area contributed by atoms with Crippen molar-refractivity contribution in [2.24, 2.45) is 0 Å². The van der Waals surface area contributed by atoms with Crippen LogP contribution in [0.5, 0.6) is 0 Å². The van der Waals surface area contributed by atoms with E-state index >= 15 is 0 Å². The van der Waals surface area contributed by atoms with Gasteiger partial charge >= 0.3 is 0 Å². The number of aromatic nitrogens is 3. The number of hydrogen-bond donors (Lipinski definition) is 0. The molecule has 0 aliphatic heterocycles. The van der Waals surface area contributed by atoms with E-state index in [2.05, 4.69) is 103 Å². The van der Waals surface area contributed by atoms with Crippen molar-refractivity contribution in [3.8, 4) is 56.4 Å². The molecule has 10 aromatic rings. The van der Waals surface area contributed by atoms with Gasteiger partial charge in [-0.1, -0.05) is 140 Å². The SMILES string of the molecule is c1ccc(-c2nc(-c3ccccc3)nc(-c3cccc(-c4cccc(-c5ccc6oc7cccc8c9ccccc9c5c6c78)c4)c3)n2)cc1. The fourth-order valence-electron chi connectivity index (χ4n) is 7.23. The van der Waals surface area contributed by atoms with Crippen molar-refractivity contribution in [3.05, 3.63) is 164 Å². The van der Waals surface area contributed by atoms with Crippen LogP contribution in [-0.4, -0.2) is 15.0 Å². The molecule has 0 unspecified atom stereocenters. The summed E-state index contributed by atoms with van der Waals surface area (Å²) in [6.45, 7) is 0. The first-order chi connectivity index (χ1) is 24.3. The lowest BCUT2D eigenvalue weighted by Crippen LogP contribution is -2.00. The summed E-state index contributed by atoms with van der Waals surface area (Å²) >= 11 is 0. The summed E-state index contributed by atoms with van der Waals surface area (Å²) in [7, 11) is 0. The molecule has 49 heavy (non-hydrogen) atoms. The van der Waals surface area contributed by atoms with Crippen LogP contribution >= 0.6 is 0 Å². The van der Waals surface area contributed by atoms with Gasteiger partial charge < -0.3 is 4.42 Å². The normalized spacial score (nSPS) is 11.7. The van der Waals surface area contributed by atoms with E-state index in [0.29, 0.717) is 17.5 Å². The summed E-state index contributed by atoms with van der Waals surface area (Å²) in [5, 5.41) is 7.30. The molecule has 0 amide bonds. The number of hydrogen-bond acceptors (Lipinski definition) is 4. The van der Waals surface area contributed by atoms with Crippen LogP contribution in [0, 0.1) is 0 Å². The molecule has 8 aromatic carbocycles. The maximum atomic E-state index is 6.38. The summed E-state index contributed by atoms with van der Waals surface area (Å²) in [5.74, 6) is 1.94. The van der Waals surface area contributed by atoms with Gasteiger partial charge in [-0.3, -0.25) is 0 Å². The highest BCUT2D eigenvalue weighted by Gasteiger charge is 2.20. The van der Waals surface area contributed by atoms with E-state index in [1.165, 1.54) is 37.9 Å². The van der Waals surface area contributed by atoms with E-state index in [-0.39, 0.29) is 0 Å². The van der Waals surface area contributed by atoms with Gasteiger partial charge in [-0.15, -0.1) is 0 Å². The zero-order valence-electron chi connectivity index (χ0n) is 26.3. The number of furan rings is 1. The summed E-state index contributed by atoms with van der Waals surface area (Å²) in [6, 6.07) is 56.8. The second kappa shape index (κ2) is 11.0. The van der Waals surface area contributed by atoms with Gasteiger partial charge in [0.2, 0.25) is 0 Å². The molecule has 2 aromatic heterocycles. The Morgan fingerprint density at radius 3 is 1.47 bits per heavy atom. The van der Waals surface area contributed by atoms with Crippen molar-refractivity contribution in [2.75, 3.05) is 0 Å². The number of fused-ring (bicyclic) bond motifs is 3. The molecule has 0 bridgehead atoms. The quantitative estimate of drug-likeness (QED) is 0.179. The molecule has 0 spiro atoms. The van der Waals surface area contributed by atoms with Crippen LogP contribution in [0.4, 0.5) is 0 Å². The van der Waals surface area contributed by atoms with Crippen molar-refractivity contribution in [3.63, 3.8) is 0 Å². The highest BCUT2D eigenvalue weighted by Crippen LogP contribution is 2.46. The van der Waals surface area contributed by atoms with Crippen LogP contribution < -0.4 is 0 Å². The molecule has 4 nitrogen and oxygen atoms in total. The van der Waals surface area contributed by atoms with Crippen molar-refractivity contribution in [1.29, 1.82) is 0 Å². The van der Waals surface area contributed by atoms with E-state index in [0.717, 1.165) is 44.5 Å². The zero-order valence-corrected chi connectivity index (χ0v) is 26.3. The predicted molar refractivity (Wildman–Crippen MR) is 200 cm³/mol. The molecule has 4 heteroatoms. The molecule has 10 rings (SSSR count). The molecule has 0 fully saturated rings. The maximum absolute atomic E-state index is 6.38. The lowest BCUT2D eigenvalue weighted by atomic mass is 9.89. The van der Waals surface area contributed by atoms with E-state index in [9.17, 15) is 0 Å². The topological polar surface area (TPSA) is 51.8 Å². The van der Waals surface area contributed by atoms with Gasteiger partial charge in [0.25, 0.3) is 0 Å². The summed E-state index contributed by atoms with van der Waals surface area (Å²) in [4.78, 5) is 14.8. The van der Waals surface area contributed by atoms with Gasteiger partial charge in [-0.25, -0.2) is 15.0 Å². The van der Waals surface area contributed by atoms with Gasteiger partial charge in [0.15, 0.2) is 17.5 Å².